The maximum atomic E-state index is 13.0. The van der Waals surface area contributed by atoms with Crippen LogP contribution in [0.4, 0.5) is 4.39 Å². The summed E-state index contributed by atoms with van der Waals surface area (Å²) >= 11 is 3.37. The second kappa shape index (κ2) is 7.97. The number of aromatic nitrogens is 2. The Morgan fingerprint density at radius 1 is 1.07 bits per heavy atom. The molecule has 0 atom stereocenters. The van der Waals surface area contributed by atoms with E-state index in [4.69, 9.17) is 0 Å². The van der Waals surface area contributed by atoms with Gasteiger partial charge >= 0.3 is 0 Å². The van der Waals surface area contributed by atoms with Gasteiger partial charge in [0.05, 0.1) is 16.6 Å². The lowest BCUT2D eigenvalue weighted by atomic mass is 10.1. The van der Waals surface area contributed by atoms with Crippen LogP contribution in [0.2, 0.25) is 0 Å². The topological polar surface area (TPSA) is 64.0 Å². The number of hydrogen-bond acceptors (Lipinski definition) is 3. The van der Waals surface area contributed by atoms with Gasteiger partial charge in [0.2, 0.25) is 0 Å². The van der Waals surface area contributed by atoms with Crippen LogP contribution in [0.3, 0.4) is 0 Å². The minimum absolute atomic E-state index is 0.222. The summed E-state index contributed by atoms with van der Waals surface area (Å²) < 4.78 is 15.2. The van der Waals surface area contributed by atoms with Crippen LogP contribution in [0.1, 0.15) is 15.9 Å². The van der Waals surface area contributed by atoms with Crippen molar-refractivity contribution in [2.45, 2.75) is 6.54 Å². The largest absolute Gasteiger partial charge is 0.348 e. The van der Waals surface area contributed by atoms with Gasteiger partial charge in [0.1, 0.15) is 12.1 Å². The molecule has 0 unspecified atom stereocenters. The number of fused-ring (bicyclic) bond motifs is 1. The molecule has 0 spiro atoms. The van der Waals surface area contributed by atoms with Gasteiger partial charge in [-0.25, -0.2) is 9.37 Å². The summed E-state index contributed by atoms with van der Waals surface area (Å²) in [6.45, 7) is 0.273. The molecule has 0 aliphatic rings. The SMILES string of the molecule is O=C(NCc1ccc(F)cc1)c1cccc(-n2cnc3ccc(Br)cc3c2=O)c1. The van der Waals surface area contributed by atoms with Crippen LogP contribution in [-0.2, 0) is 6.54 Å². The van der Waals surface area contributed by atoms with Crippen molar-refractivity contribution in [2.75, 3.05) is 0 Å². The first-order chi connectivity index (χ1) is 14.0. The Kier molecular flexibility index (Phi) is 5.22. The van der Waals surface area contributed by atoms with E-state index in [0.717, 1.165) is 10.0 Å². The lowest BCUT2D eigenvalue weighted by Crippen LogP contribution is -2.23. The number of carbonyl (C=O) groups is 1. The van der Waals surface area contributed by atoms with Gasteiger partial charge < -0.3 is 5.32 Å². The number of carbonyl (C=O) groups excluding carboxylic acids is 1. The zero-order valence-electron chi connectivity index (χ0n) is 15.1. The summed E-state index contributed by atoms with van der Waals surface area (Å²) in [5, 5.41) is 3.27. The molecule has 1 N–H and O–H groups in total. The Morgan fingerprint density at radius 2 is 1.86 bits per heavy atom. The standard InChI is InChI=1S/C22H15BrFN3O2/c23-16-6-9-20-19(11-16)22(29)27(13-26-20)18-3-1-2-15(10-18)21(28)25-12-14-4-7-17(24)8-5-14/h1-11,13H,12H2,(H,25,28). The Hall–Kier alpha value is -3.32. The van der Waals surface area contributed by atoms with Crippen LogP contribution in [0, 0.1) is 5.82 Å². The summed E-state index contributed by atoms with van der Waals surface area (Å²) in [5.41, 5.74) is 2.11. The molecule has 0 aliphatic carbocycles. The fraction of sp³-hybridized carbons (Fsp3) is 0.0455. The number of hydrogen-bond donors (Lipinski definition) is 1. The molecule has 144 valence electrons. The number of benzene rings is 3. The molecule has 3 aromatic carbocycles. The van der Waals surface area contributed by atoms with Gasteiger partial charge in [-0.05, 0) is 54.1 Å². The Bertz CT molecular complexity index is 1270. The van der Waals surface area contributed by atoms with E-state index in [9.17, 15) is 14.0 Å². The van der Waals surface area contributed by atoms with Crippen LogP contribution < -0.4 is 10.9 Å². The summed E-state index contributed by atoms with van der Waals surface area (Å²) in [7, 11) is 0. The molecule has 5 nitrogen and oxygen atoms in total. The first kappa shape index (κ1) is 19.0. The molecule has 0 radical (unpaired) electrons. The fourth-order valence-electron chi connectivity index (χ4n) is 2.96. The average Bonchev–Trinajstić information content (AvgIpc) is 2.74. The van der Waals surface area contributed by atoms with Crippen molar-refractivity contribution in [1.29, 1.82) is 0 Å². The second-order valence-corrected chi connectivity index (χ2v) is 7.36. The van der Waals surface area contributed by atoms with Crippen LogP contribution >= 0.6 is 15.9 Å². The molecule has 0 saturated carbocycles. The second-order valence-electron chi connectivity index (χ2n) is 6.44. The van der Waals surface area contributed by atoms with E-state index in [2.05, 4.69) is 26.2 Å². The number of halogens is 2. The van der Waals surface area contributed by atoms with E-state index in [1.807, 2.05) is 6.07 Å². The van der Waals surface area contributed by atoms with Gasteiger partial charge in [-0.1, -0.05) is 34.1 Å². The highest BCUT2D eigenvalue weighted by atomic mass is 79.9. The van der Waals surface area contributed by atoms with Crippen LogP contribution in [0.25, 0.3) is 16.6 Å². The first-order valence-corrected chi connectivity index (χ1v) is 9.60. The molecule has 0 saturated heterocycles. The smallest absolute Gasteiger partial charge is 0.265 e. The molecule has 1 amide bonds. The summed E-state index contributed by atoms with van der Waals surface area (Å²) in [6, 6.07) is 18.0. The Labute approximate surface area is 174 Å². The molecule has 1 heterocycles. The predicted molar refractivity (Wildman–Crippen MR) is 113 cm³/mol. The maximum absolute atomic E-state index is 13.0. The highest BCUT2D eigenvalue weighted by molar-refractivity contribution is 9.10. The maximum Gasteiger partial charge on any atom is 0.265 e. The van der Waals surface area contributed by atoms with E-state index in [0.29, 0.717) is 22.2 Å². The minimum atomic E-state index is -0.325. The van der Waals surface area contributed by atoms with E-state index in [1.54, 1.807) is 48.5 Å². The van der Waals surface area contributed by atoms with Gasteiger partial charge in [0.15, 0.2) is 0 Å². The zero-order valence-corrected chi connectivity index (χ0v) is 16.7. The van der Waals surface area contributed by atoms with E-state index >= 15 is 0 Å². The third-order valence-corrected chi connectivity index (χ3v) is 4.97. The van der Waals surface area contributed by atoms with E-state index in [-0.39, 0.29) is 23.8 Å². The van der Waals surface area contributed by atoms with Gasteiger partial charge in [0, 0.05) is 16.6 Å². The number of amides is 1. The average molecular weight is 452 g/mol. The summed E-state index contributed by atoms with van der Waals surface area (Å²) in [4.78, 5) is 29.7. The van der Waals surface area contributed by atoms with E-state index < -0.39 is 0 Å². The highest BCUT2D eigenvalue weighted by Crippen LogP contribution is 2.16. The van der Waals surface area contributed by atoms with Crippen molar-refractivity contribution in [1.82, 2.24) is 14.9 Å². The Morgan fingerprint density at radius 3 is 2.66 bits per heavy atom. The van der Waals surface area contributed by atoms with Gasteiger partial charge in [-0.15, -0.1) is 0 Å². The van der Waals surface area contributed by atoms with Crippen molar-refractivity contribution in [3.05, 3.63) is 105 Å². The monoisotopic (exact) mass is 451 g/mol. The normalized spacial score (nSPS) is 10.8. The zero-order chi connectivity index (χ0) is 20.4. The summed E-state index contributed by atoms with van der Waals surface area (Å²) in [5.74, 6) is -0.616. The lowest BCUT2D eigenvalue weighted by molar-refractivity contribution is 0.0951. The fourth-order valence-corrected chi connectivity index (χ4v) is 3.32. The highest BCUT2D eigenvalue weighted by Gasteiger charge is 2.10. The predicted octanol–water partition coefficient (Wildman–Crippen LogP) is 4.22. The lowest BCUT2D eigenvalue weighted by Gasteiger charge is -2.10. The van der Waals surface area contributed by atoms with Crippen molar-refractivity contribution in [3.8, 4) is 5.69 Å². The molecular formula is C22H15BrFN3O2. The molecule has 1 aromatic heterocycles. The van der Waals surface area contributed by atoms with Gasteiger partial charge in [0.25, 0.3) is 11.5 Å². The van der Waals surface area contributed by atoms with E-state index in [1.165, 1.54) is 23.0 Å². The van der Waals surface area contributed by atoms with Crippen LogP contribution in [-0.4, -0.2) is 15.5 Å². The van der Waals surface area contributed by atoms with Crippen molar-refractivity contribution < 1.29 is 9.18 Å². The summed E-state index contributed by atoms with van der Waals surface area (Å²) in [6.07, 6.45) is 1.45. The van der Waals surface area contributed by atoms with Crippen molar-refractivity contribution >= 4 is 32.7 Å². The molecule has 4 aromatic rings. The van der Waals surface area contributed by atoms with Gasteiger partial charge in [-0.3, -0.25) is 14.2 Å². The third kappa shape index (κ3) is 4.09. The molecular weight excluding hydrogens is 437 g/mol. The number of nitrogens with zero attached hydrogens (tertiary/aromatic N) is 2. The molecule has 7 heteroatoms. The van der Waals surface area contributed by atoms with Crippen molar-refractivity contribution in [3.63, 3.8) is 0 Å². The molecule has 0 bridgehead atoms. The van der Waals surface area contributed by atoms with Crippen LogP contribution in [0.5, 0.6) is 0 Å². The third-order valence-electron chi connectivity index (χ3n) is 4.47. The molecule has 4 rings (SSSR count). The first-order valence-electron chi connectivity index (χ1n) is 8.81. The minimum Gasteiger partial charge on any atom is -0.348 e. The number of nitrogens with one attached hydrogen (secondary N) is 1. The number of rotatable bonds is 4. The molecule has 0 aliphatic heterocycles. The van der Waals surface area contributed by atoms with Crippen LogP contribution in [0.15, 0.2) is 82.3 Å². The quantitative estimate of drug-likeness (QED) is 0.505. The molecule has 29 heavy (non-hydrogen) atoms. The van der Waals surface area contributed by atoms with Gasteiger partial charge in [-0.2, -0.15) is 0 Å². The Balaban J connectivity index is 1.61. The van der Waals surface area contributed by atoms with Crippen molar-refractivity contribution in [2.24, 2.45) is 0 Å². The molecule has 0 fully saturated rings.